The molecule has 0 radical (unpaired) electrons. The summed E-state index contributed by atoms with van der Waals surface area (Å²) in [4.78, 5) is 0. The Kier molecular flexibility index (Phi) is 5.58. The molecule has 0 bridgehead atoms. The predicted molar refractivity (Wildman–Crippen MR) is 91.1 cm³/mol. The minimum atomic E-state index is 0.708. The monoisotopic (exact) mass is 301 g/mol. The number of nitrogens with zero attached hydrogens (tertiary/aromatic N) is 1. The SMILES string of the molecule is Nc1cccc(/C(=C/SCNc2ccccc2)N=S)c1. The second kappa shape index (κ2) is 7.67. The van der Waals surface area contributed by atoms with E-state index in [-0.39, 0.29) is 0 Å². The van der Waals surface area contributed by atoms with Gasteiger partial charge in [-0.05, 0) is 24.3 Å². The van der Waals surface area contributed by atoms with Gasteiger partial charge in [0.1, 0.15) is 0 Å². The van der Waals surface area contributed by atoms with E-state index in [0.29, 0.717) is 5.69 Å². The van der Waals surface area contributed by atoms with E-state index >= 15 is 0 Å². The summed E-state index contributed by atoms with van der Waals surface area (Å²) in [6.07, 6.45) is 0. The van der Waals surface area contributed by atoms with Gasteiger partial charge in [0.05, 0.1) is 11.6 Å². The zero-order valence-electron chi connectivity index (χ0n) is 10.8. The Hall–Kier alpha value is -1.85. The lowest BCUT2D eigenvalue weighted by Crippen LogP contribution is -1.95. The van der Waals surface area contributed by atoms with Crippen molar-refractivity contribution in [3.63, 3.8) is 0 Å². The van der Waals surface area contributed by atoms with Crippen molar-refractivity contribution in [1.29, 1.82) is 0 Å². The van der Waals surface area contributed by atoms with E-state index in [0.717, 1.165) is 22.8 Å². The van der Waals surface area contributed by atoms with Gasteiger partial charge in [-0.3, -0.25) is 0 Å². The van der Waals surface area contributed by atoms with Gasteiger partial charge in [0.15, 0.2) is 0 Å². The van der Waals surface area contributed by atoms with Gasteiger partial charge in [-0.15, -0.1) is 11.8 Å². The Morgan fingerprint density at radius 3 is 2.70 bits per heavy atom. The third-order valence-electron chi connectivity index (χ3n) is 2.61. The average Bonchev–Trinajstić information content (AvgIpc) is 2.48. The number of nitrogens with one attached hydrogen (secondary N) is 1. The molecule has 0 aliphatic heterocycles. The molecule has 5 heteroatoms. The Morgan fingerprint density at radius 1 is 1.20 bits per heavy atom. The standard InChI is InChI=1S/C15H15N3S2/c16-13-6-4-5-12(9-13)15(18-19)10-20-11-17-14-7-2-1-3-8-14/h1-10,17H,11,16H2/b15-10-. The third kappa shape index (κ3) is 4.36. The molecule has 0 aromatic heterocycles. The predicted octanol–water partition coefficient (Wildman–Crippen LogP) is 4.10. The molecule has 102 valence electrons. The zero-order chi connectivity index (χ0) is 14.2. The number of thioether (sulfide) groups is 1. The molecule has 0 saturated heterocycles. The lowest BCUT2D eigenvalue weighted by atomic mass is 10.1. The number of hydrogen-bond donors (Lipinski definition) is 2. The maximum atomic E-state index is 5.76. The van der Waals surface area contributed by atoms with Crippen LogP contribution in [0.4, 0.5) is 11.4 Å². The van der Waals surface area contributed by atoms with Crippen LogP contribution < -0.4 is 11.1 Å². The highest BCUT2D eigenvalue weighted by molar-refractivity contribution is 8.02. The second-order valence-electron chi connectivity index (χ2n) is 4.07. The van der Waals surface area contributed by atoms with Crippen molar-refractivity contribution in [3.05, 3.63) is 65.6 Å². The van der Waals surface area contributed by atoms with Crippen LogP contribution in [0.3, 0.4) is 0 Å². The van der Waals surface area contributed by atoms with Crippen LogP contribution in [0.1, 0.15) is 5.56 Å². The van der Waals surface area contributed by atoms with Gasteiger partial charge in [0, 0.05) is 34.8 Å². The van der Waals surface area contributed by atoms with Gasteiger partial charge < -0.3 is 11.1 Å². The molecule has 3 nitrogen and oxygen atoms in total. The zero-order valence-corrected chi connectivity index (χ0v) is 12.5. The highest BCUT2D eigenvalue weighted by Gasteiger charge is 2.00. The van der Waals surface area contributed by atoms with Gasteiger partial charge >= 0.3 is 0 Å². The van der Waals surface area contributed by atoms with E-state index < -0.39 is 0 Å². The fraction of sp³-hybridized carbons (Fsp3) is 0.0667. The first-order valence-electron chi connectivity index (χ1n) is 6.09. The van der Waals surface area contributed by atoms with Gasteiger partial charge in [0.25, 0.3) is 0 Å². The van der Waals surface area contributed by atoms with E-state index in [4.69, 9.17) is 18.2 Å². The molecular weight excluding hydrogens is 286 g/mol. The van der Waals surface area contributed by atoms with Gasteiger partial charge in [-0.2, -0.15) is 4.36 Å². The normalized spacial score (nSPS) is 11.1. The van der Waals surface area contributed by atoms with Gasteiger partial charge in [-0.1, -0.05) is 30.3 Å². The lowest BCUT2D eigenvalue weighted by molar-refractivity contribution is 1.47. The summed E-state index contributed by atoms with van der Waals surface area (Å²) in [6.45, 7) is 0. The van der Waals surface area contributed by atoms with Crippen LogP contribution in [0, 0.1) is 0 Å². The number of para-hydroxylation sites is 1. The number of nitrogens with two attached hydrogens (primary N) is 1. The maximum Gasteiger partial charge on any atom is 0.0905 e. The molecule has 2 aromatic rings. The molecule has 3 N–H and O–H groups in total. The number of anilines is 2. The smallest absolute Gasteiger partial charge is 0.0905 e. The minimum Gasteiger partial charge on any atom is -0.399 e. The van der Waals surface area contributed by atoms with Crippen LogP contribution in [0.5, 0.6) is 0 Å². The van der Waals surface area contributed by atoms with Crippen molar-refractivity contribution in [1.82, 2.24) is 0 Å². The van der Waals surface area contributed by atoms with E-state index in [1.807, 2.05) is 60.0 Å². The lowest BCUT2D eigenvalue weighted by Gasteiger charge is -2.05. The fourth-order valence-corrected chi connectivity index (χ4v) is 2.55. The number of rotatable bonds is 6. The van der Waals surface area contributed by atoms with Crippen LogP contribution in [0.15, 0.2) is 64.4 Å². The summed E-state index contributed by atoms with van der Waals surface area (Å²) in [5.41, 5.74) is 9.25. The molecule has 2 rings (SSSR count). The van der Waals surface area contributed by atoms with Crippen molar-refractivity contribution in [2.75, 3.05) is 16.9 Å². The number of hydrogen-bond acceptors (Lipinski definition) is 5. The number of benzene rings is 2. The molecule has 0 saturated carbocycles. The summed E-state index contributed by atoms with van der Waals surface area (Å²) in [5.74, 6) is 0.751. The van der Waals surface area contributed by atoms with Crippen LogP contribution in [-0.2, 0) is 12.4 Å². The average molecular weight is 301 g/mol. The van der Waals surface area contributed by atoms with E-state index in [1.54, 1.807) is 11.8 Å². The maximum absolute atomic E-state index is 5.76. The molecule has 0 unspecified atom stereocenters. The molecule has 0 heterocycles. The molecule has 0 aliphatic rings. The van der Waals surface area contributed by atoms with Crippen molar-refractivity contribution in [2.24, 2.45) is 4.36 Å². The van der Waals surface area contributed by atoms with Crippen LogP contribution in [0.25, 0.3) is 5.70 Å². The number of nitrogen functional groups attached to an aromatic ring is 1. The summed E-state index contributed by atoms with van der Waals surface area (Å²) in [7, 11) is 0. The molecular formula is C15H15N3S2. The Bertz CT molecular complexity index is 597. The quantitative estimate of drug-likeness (QED) is 0.479. The van der Waals surface area contributed by atoms with Crippen LogP contribution in [-0.4, -0.2) is 5.88 Å². The Labute approximate surface area is 128 Å². The molecule has 2 aromatic carbocycles. The molecule has 0 amide bonds. The van der Waals surface area contributed by atoms with Crippen molar-refractivity contribution in [2.45, 2.75) is 0 Å². The first-order chi connectivity index (χ1) is 9.79. The highest BCUT2D eigenvalue weighted by Crippen LogP contribution is 2.21. The summed E-state index contributed by atoms with van der Waals surface area (Å²) >= 11 is 6.43. The summed E-state index contributed by atoms with van der Waals surface area (Å²) < 4.78 is 3.88. The first kappa shape index (κ1) is 14.6. The highest BCUT2D eigenvalue weighted by atomic mass is 32.2. The van der Waals surface area contributed by atoms with E-state index in [9.17, 15) is 0 Å². The molecule has 0 spiro atoms. The summed E-state index contributed by atoms with van der Waals surface area (Å²) in [5, 5.41) is 5.25. The summed E-state index contributed by atoms with van der Waals surface area (Å²) in [6, 6.07) is 17.6. The Morgan fingerprint density at radius 2 is 2.00 bits per heavy atom. The molecule has 20 heavy (non-hydrogen) atoms. The largest absolute Gasteiger partial charge is 0.399 e. The van der Waals surface area contributed by atoms with Crippen molar-refractivity contribution < 1.29 is 0 Å². The van der Waals surface area contributed by atoms with E-state index in [2.05, 4.69) is 9.68 Å². The molecule has 0 atom stereocenters. The van der Waals surface area contributed by atoms with Crippen LogP contribution >= 0.6 is 11.8 Å². The molecule has 0 aliphatic carbocycles. The second-order valence-corrected chi connectivity index (χ2v) is 5.11. The minimum absolute atomic E-state index is 0.708. The first-order valence-corrected chi connectivity index (χ1v) is 7.51. The Balaban J connectivity index is 1.93. The van der Waals surface area contributed by atoms with Gasteiger partial charge in [0.2, 0.25) is 0 Å². The van der Waals surface area contributed by atoms with Gasteiger partial charge in [-0.25, -0.2) is 0 Å². The fourth-order valence-electron chi connectivity index (χ4n) is 1.64. The van der Waals surface area contributed by atoms with Crippen molar-refractivity contribution >= 4 is 41.3 Å². The van der Waals surface area contributed by atoms with Crippen LogP contribution in [0.2, 0.25) is 0 Å². The van der Waals surface area contributed by atoms with E-state index in [1.165, 1.54) is 0 Å². The van der Waals surface area contributed by atoms with Crippen molar-refractivity contribution in [3.8, 4) is 0 Å². The topological polar surface area (TPSA) is 50.4 Å². The molecule has 0 fully saturated rings. The third-order valence-corrected chi connectivity index (χ3v) is 3.51.